The summed E-state index contributed by atoms with van der Waals surface area (Å²) in [5, 5.41) is 0. The van der Waals surface area contributed by atoms with Crippen LogP contribution < -0.4 is 9.47 Å². The standard InChI is InChI=1S/C20H18F2O2/c1-3-13-23-17-10-6-15(7-11-17)5-8-16-9-12-18(24-14-4-2)20(22)19(16)21/h4,6-7,9-12H,2-3,13-14H2,1H3. The first-order valence-electron chi connectivity index (χ1n) is 7.62. The van der Waals surface area contributed by atoms with E-state index in [4.69, 9.17) is 9.47 Å². The van der Waals surface area contributed by atoms with Gasteiger partial charge in [0.1, 0.15) is 12.4 Å². The minimum absolute atomic E-state index is 0.0234. The van der Waals surface area contributed by atoms with Crippen molar-refractivity contribution in [2.24, 2.45) is 0 Å². The summed E-state index contributed by atoms with van der Waals surface area (Å²) in [6.45, 7) is 6.24. The highest BCUT2D eigenvalue weighted by Gasteiger charge is 2.13. The van der Waals surface area contributed by atoms with Crippen LogP contribution in [0.4, 0.5) is 8.78 Å². The molecule has 2 aromatic carbocycles. The van der Waals surface area contributed by atoms with Crippen molar-refractivity contribution in [2.75, 3.05) is 13.2 Å². The summed E-state index contributed by atoms with van der Waals surface area (Å²) in [7, 11) is 0. The van der Waals surface area contributed by atoms with Gasteiger partial charge in [-0.15, -0.1) is 0 Å². The van der Waals surface area contributed by atoms with Crippen molar-refractivity contribution in [3.63, 3.8) is 0 Å². The second-order valence-electron chi connectivity index (χ2n) is 4.96. The predicted molar refractivity (Wildman–Crippen MR) is 90.3 cm³/mol. The number of hydrogen-bond acceptors (Lipinski definition) is 2. The highest BCUT2D eigenvalue weighted by molar-refractivity contribution is 5.46. The molecule has 0 saturated heterocycles. The van der Waals surface area contributed by atoms with Gasteiger partial charge >= 0.3 is 0 Å². The van der Waals surface area contributed by atoms with Crippen molar-refractivity contribution in [1.29, 1.82) is 0 Å². The Bertz CT molecular complexity index is 756. The molecule has 0 heterocycles. The van der Waals surface area contributed by atoms with Gasteiger partial charge in [-0.3, -0.25) is 0 Å². The third-order valence-electron chi connectivity index (χ3n) is 3.07. The number of rotatable bonds is 6. The molecule has 124 valence electrons. The normalized spacial score (nSPS) is 9.79. The Labute approximate surface area is 140 Å². The van der Waals surface area contributed by atoms with E-state index in [-0.39, 0.29) is 17.9 Å². The molecule has 0 atom stereocenters. The molecule has 0 N–H and O–H groups in total. The molecule has 0 bridgehead atoms. The first-order chi connectivity index (χ1) is 11.7. The molecule has 4 heteroatoms. The van der Waals surface area contributed by atoms with E-state index in [2.05, 4.69) is 18.4 Å². The van der Waals surface area contributed by atoms with Crippen LogP contribution in [0.2, 0.25) is 0 Å². The largest absolute Gasteiger partial charge is 0.494 e. The molecular formula is C20H18F2O2. The summed E-state index contributed by atoms with van der Waals surface area (Å²) in [4.78, 5) is 0. The highest BCUT2D eigenvalue weighted by atomic mass is 19.2. The number of hydrogen-bond donors (Lipinski definition) is 0. The van der Waals surface area contributed by atoms with Crippen molar-refractivity contribution in [2.45, 2.75) is 13.3 Å². The summed E-state index contributed by atoms with van der Waals surface area (Å²) >= 11 is 0. The average molecular weight is 328 g/mol. The topological polar surface area (TPSA) is 18.5 Å². The third kappa shape index (κ3) is 4.60. The fourth-order valence-electron chi connectivity index (χ4n) is 1.88. The Balaban J connectivity index is 2.15. The quantitative estimate of drug-likeness (QED) is 0.564. The molecule has 0 aliphatic carbocycles. The second kappa shape index (κ2) is 8.73. The van der Waals surface area contributed by atoms with Crippen molar-refractivity contribution < 1.29 is 18.3 Å². The van der Waals surface area contributed by atoms with Gasteiger partial charge in [-0.25, -0.2) is 4.39 Å². The molecular weight excluding hydrogens is 310 g/mol. The summed E-state index contributed by atoms with van der Waals surface area (Å²) < 4.78 is 38.4. The maximum atomic E-state index is 14.0. The zero-order valence-corrected chi connectivity index (χ0v) is 13.4. The molecule has 2 nitrogen and oxygen atoms in total. The van der Waals surface area contributed by atoms with Gasteiger partial charge in [0.25, 0.3) is 0 Å². The highest BCUT2D eigenvalue weighted by Crippen LogP contribution is 2.22. The lowest BCUT2D eigenvalue weighted by Gasteiger charge is -2.06. The Kier molecular flexibility index (Phi) is 6.39. The van der Waals surface area contributed by atoms with E-state index in [1.165, 1.54) is 18.2 Å². The summed E-state index contributed by atoms with van der Waals surface area (Å²) in [6, 6.07) is 9.88. The summed E-state index contributed by atoms with van der Waals surface area (Å²) in [5.41, 5.74) is 0.662. The van der Waals surface area contributed by atoms with E-state index >= 15 is 0 Å². The number of ether oxygens (including phenoxy) is 2. The van der Waals surface area contributed by atoms with Gasteiger partial charge in [-0.05, 0) is 42.8 Å². The van der Waals surface area contributed by atoms with Gasteiger partial charge in [-0.2, -0.15) is 4.39 Å². The van der Waals surface area contributed by atoms with E-state index in [9.17, 15) is 8.78 Å². The third-order valence-corrected chi connectivity index (χ3v) is 3.07. The van der Waals surface area contributed by atoms with Crippen LogP contribution in [-0.2, 0) is 0 Å². The second-order valence-corrected chi connectivity index (χ2v) is 4.96. The fraction of sp³-hybridized carbons (Fsp3) is 0.200. The van der Waals surface area contributed by atoms with Crippen molar-refractivity contribution in [3.05, 3.63) is 71.8 Å². The Morgan fingerprint density at radius 2 is 1.75 bits per heavy atom. The SMILES string of the molecule is C=CCOc1ccc(C#Cc2ccc(OCCC)cc2)c(F)c1F. The first kappa shape index (κ1) is 17.6. The first-order valence-corrected chi connectivity index (χ1v) is 7.62. The lowest BCUT2D eigenvalue weighted by molar-refractivity contribution is 0.317. The van der Waals surface area contributed by atoms with Crippen LogP contribution in [0.3, 0.4) is 0 Å². The predicted octanol–water partition coefficient (Wildman–Crippen LogP) is 4.72. The van der Waals surface area contributed by atoms with Crippen LogP contribution >= 0.6 is 0 Å². The lowest BCUT2D eigenvalue weighted by atomic mass is 10.1. The summed E-state index contributed by atoms with van der Waals surface area (Å²) in [6.07, 6.45) is 2.39. The molecule has 0 aliphatic rings. The summed E-state index contributed by atoms with van der Waals surface area (Å²) in [5.74, 6) is 3.97. The Morgan fingerprint density at radius 3 is 2.42 bits per heavy atom. The fourth-order valence-corrected chi connectivity index (χ4v) is 1.88. The van der Waals surface area contributed by atoms with Crippen molar-refractivity contribution in [1.82, 2.24) is 0 Å². The molecule has 24 heavy (non-hydrogen) atoms. The van der Waals surface area contributed by atoms with Crippen LogP contribution in [-0.4, -0.2) is 13.2 Å². The van der Waals surface area contributed by atoms with E-state index in [0.717, 1.165) is 12.2 Å². The minimum Gasteiger partial charge on any atom is -0.494 e. The van der Waals surface area contributed by atoms with Crippen LogP contribution in [0.5, 0.6) is 11.5 Å². The molecule has 2 rings (SSSR count). The van der Waals surface area contributed by atoms with Crippen LogP contribution in [0.1, 0.15) is 24.5 Å². The minimum atomic E-state index is -1.05. The van der Waals surface area contributed by atoms with Gasteiger partial charge in [0, 0.05) is 5.56 Å². The van der Waals surface area contributed by atoms with Crippen LogP contribution in [0, 0.1) is 23.5 Å². The molecule has 0 saturated carbocycles. The maximum Gasteiger partial charge on any atom is 0.201 e. The molecule has 0 aromatic heterocycles. The van der Waals surface area contributed by atoms with Gasteiger partial charge in [0.2, 0.25) is 5.82 Å². The Hall–Kier alpha value is -2.80. The Morgan fingerprint density at radius 1 is 1.00 bits per heavy atom. The molecule has 0 fully saturated rings. The lowest BCUT2D eigenvalue weighted by Crippen LogP contribution is -1.99. The van der Waals surface area contributed by atoms with Crippen LogP contribution in [0.25, 0.3) is 0 Å². The number of benzene rings is 2. The molecule has 0 aliphatic heterocycles. The molecule has 2 aromatic rings. The van der Waals surface area contributed by atoms with Gasteiger partial charge < -0.3 is 9.47 Å². The van der Waals surface area contributed by atoms with E-state index in [1.807, 2.05) is 6.92 Å². The van der Waals surface area contributed by atoms with E-state index < -0.39 is 11.6 Å². The number of halogens is 2. The molecule has 0 unspecified atom stereocenters. The molecule has 0 amide bonds. The monoisotopic (exact) mass is 328 g/mol. The maximum absolute atomic E-state index is 14.0. The molecule has 0 radical (unpaired) electrons. The van der Waals surface area contributed by atoms with E-state index in [1.54, 1.807) is 24.3 Å². The smallest absolute Gasteiger partial charge is 0.201 e. The average Bonchev–Trinajstić information content (AvgIpc) is 2.61. The van der Waals surface area contributed by atoms with Gasteiger partial charge in [0.05, 0.1) is 12.2 Å². The van der Waals surface area contributed by atoms with Gasteiger partial charge in [-0.1, -0.05) is 31.4 Å². The molecule has 0 spiro atoms. The van der Waals surface area contributed by atoms with Crippen LogP contribution in [0.15, 0.2) is 49.1 Å². The zero-order chi connectivity index (χ0) is 17.4. The van der Waals surface area contributed by atoms with Crippen molar-refractivity contribution >= 4 is 0 Å². The van der Waals surface area contributed by atoms with E-state index in [0.29, 0.717) is 12.2 Å². The van der Waals surface area contributed by atoms with Crippen molar-refractivity contribution in [3.8, 4) is 23.3 Å². The van der Waals surface area contributed by atoms with Gasteiger partial charge in [0.15, 0.2) is 11.6 Å². The zero-order valence-electron chi connectivity index (χ0n) is 13.4.